The van der Waals surface area contributed by atoms with Crippen molar-refractivity contribution in [2.24, 2.45) is 0 Å². The second-order valence-electron chi connectivity index (χ2n) is 1.83. The highest BCUT2D eigenvalue weighted by Gasteiger charge is 2.05. The van der Waals surface area contributed by atoms with E-state index in [9.17, 15) is 0 Å². The summed E-state index contributed by atoms with van der Waals surface area (Å²) < 4.78 is 5.05. The summed E-state index contributed by atoms with van der Waals surface area (Å²) in [5, 5.41) is 13.8. The van der Waals surface area contributed by atoms with E-state index >= 15 is 0 Å². The van der Waals surface area contributed by atoms with Crippen molar-refractivity contribution in [3.63, 3.8) is 0 Å². The topological polar surface area (TPSA) is 67.6 Å². The van der Waals surface area contributed by atoms with Gasteiger partial charge in [0.15, 0.2) is 0 Å². The maximum absolute atomic E-state index is 5.05. The van der Waals surface area contributed by atoms with Crippen LogP contribution in [0.2, 0.25) is 0 Å². The van der Waals surface area contributed by atoms with Crippen LogP contribution in [0, 0.1) is 0 Å². The lowest BCUT2D eigenvalue weighted by Gasteiger charge is -1.82. The number of aromatic nitrogens is 4. The van der Waals surface area contributed by atoms with Crippen LogP contribution < -0.4 is 0 Å². The summed E-state index contributed by atoms with van der Waals surface area (Å²) >= 11 is 3.04. The molecule has 0 aliphatic carbocycles. The monoisotopic (exact) mass is 214 g/mol. The van der Waals surface area contributed by atoms with Crippen molar-refractivity contribution in [1.29, 1.82) is 0 Å². The Morgan fingerprint density at radius 3 is 2.91 bits per heavy atom. The molecule has 56 valence electrons. The van der Waals surface area contributed by atoms with Crippen LogP contribution in [0.5, 0.6) is 0 Å². The fourth-order valence-corrected chi connectivity index (χ4v) is 0.922. The molecule has 0 aromatic carbocycles. The van der Waals surface area contributed by atoms with E-state index in [1.807, 2.05) is 0 Å². The Bertz CT molecular complexity index is 341. The fraction of sp³-hybridized carbons (Fsp3) is 0. The van der Waals surface area contributed by atoms with Gasteiger partial charge in [0, 0.05) is 22.1 Å². The van der Waals surface area contributed by atoms with Crippen molar-refractivity contribution < 1.29 is 4.42 Å². The summed E-state index contributed by atoms with van der Waals surface area (Å²) in [6, 6.07) is 1.75. The molecule has 1 N–H and O–H groups in total. The normalized spacial score (nSPS) is 10.3. The number of hydrogen-bond acceptors (Lipinski definition) is 4. The molecule has 0 amide bonds. The van der Waals surface area contributed by atoms with Crippen molar-refractivity contribution in [1.82, 2.24) is 20.4 Å². The molecule has 0 unspecified atom stereocenters. The van der Waals surface area contributed by atoms with Crippen molar-refractivity contribution in [3.8, 4) is 11.6 Å². The summed E-state index contributed by atoms with van der Waals surface area (Å²) in [5.74, 6) is 0.425. The van der Waals surface area contributed by atoms with E-state index in [0.29, 0.717) is 16.4 Å². The predicted octanol–water partition coefficient (Wildman–Crippen LogP) is 1.22. The molecule has 2 aromatic heterocycles. The van der Waals surface area contributed by atoms with Gasteiger partial charge in [-0.15, -0.1) is 10.2 Å². The SMILES string of the molecule is Brc1nnc(-c2ccn[nH]2)o1. The fourth-order valence-electron chi connectivity index (χ4n) is 0.689. The molecule has 0 atom stereocenters. The molecule has 11 heavy (non-hydrogen) atoms. The zero-order chi connectivity index (χ0) is 7.68. The van der Waals surface area contributed by atoms with Crippen molar-refractivity contribution in [3.05, 3.63) is 17.1 Å². The number of rotatable bonds is 1. The lowest BCUT2D eigenvalue weighted by molar-refractivity contribution is 0.538. The number of nitrogens with one attached hydrogen (secondary N) is 1. The summed E-state index contributed by atoms with van der Waals surface area (Å²) in [7, 11) is 0. The van der Waals surface area contributed by atoms with Gasteiger partial charge in [-0.1, -0.05) is 0 Å². The summed E-state index contributed by atoms with van der Waals surface area (Å²) in [6.45, 7) is 0. The molecule has 0 radical (unpaired) electrons. The minimum atomic E-state index is 0.363. The predicted molar refractivity (Wildman–Crippen MR) is 39.6 cm³/mol. The van der Waals surface area contributed by atoms with Crippen LogP contribution in [0.3, 0.4) is 0 Å². The first-order chi connectivity index (χ1) is 5.36. The molecule has 0 spiro atoms. The highest BCUT2D eigenvalue weighted by Crippen LogP contribution is 2.16. The number of hydrogen-bond donors (Lipinski definition) is 1. The van der Waals surface area contributed by atoms with Gasteiger partial charge in [0.25, 0.3) is 10.7 Å². The molecule has 0 saturated carbocycles. The Labute approximate surface area is 70.0 Å². The number of halogens is 1. The van der Waals surface area contributed by atoms with Gasteiger partial charge >= 0.3 is 0 Å². The van der Waals surface area contributed by atoms with Crippen LogP contribution in [-0.2, 0) is 0 Å². The molecule has 0 saturated heterocycles. The van der Waals surface area contributed by atoms with E-state index in [4.69, 9.17) is 4.42 Å². The Morgan fingerprint density at radius 2 is 2.36 bits per heavy atom. The van der Waals surface area contributed by atoms with Crippen molar-refractivity contribution in [2.45, 2.75) is 0 Å². The van der Waals surface area contributed by atoms with Crippen LogP contribution in [0.25, 0.3) is 11.6 Å². The maximum atomic E-state index is 5.05. The Hall–Kier alpha value is -1.17. The van der Waals surface area contributed by atoms with Gasteiger partial charge in [-0.25, -0.2) is 0 Å². The van der Waals surface area contributed by atoms with Crippen LogP contribution in [0.1, 0.15) is 0 Å². The molecule has 0 aliphatic rings. The lowest BCUT2D eigenvalue weighted by Crippen LogP contribution is -1.76. The molecule has 2 rings (SSSR count). The average molecular weight is 215 g/mol. The molecule has 0 fully saturated rings. The van der Waals surface area contributed by atoms with Crippen molar-refractivity contribution >= 4 is 15.9 Å². The largest absolute Gasteiger partial charge is 0.409 e. The summed E-state index contributed by atoms with van der Waals surface area (Å²) in [6.07, 6.45) is 1.62. The van der Waals surface area contributed by atoms with Crippen LogP contribution in [-0.4, -0.2) is 20.4 Å². The third kappa shape index (κ3) is 1.16. The van der Waals surface area contributed by atoms with Crippen LogP contribution in [0.4, 0.5) is 0 Å². The second kappa shape index (κ2) is 2.46. The van der Waals surface area contributed by atoms with Gasteiger partial charge < -0.3 is 4.42 Å². The van der Waals surface area contributed by atoms with Gasteiger partial charge in [0.05, 0.1) is 0 Å². The highest BCUT2D eigenvalue weighted by molar-refractivity contribution is 9.10. The van der Waals surface area contributed by atoms with E-state index in [0.717, 1.165) is 0 Å². The third-order valence-corrected chi connectivity index (χ3v) is 1.45. The molecular formula is C5H3BrN4O. The minimum Gasteiger partial charge on any atom is -0.409 e. The summed E-state index contributed by atoms with van der Waals surface area (Å²) in [5.41, 5.74) is 0.711. The number of nitrogens with zero attached hydrogens (tertiary/aromatic N) is 3. The maximum Gasteiger partial charge on any atom is 0.285 e. The number of H-pyrrole nitrogens is 1. The van der Waals surface area contributed by atoms with Gasteiger partial charge in [0.1, 0.15) is 5.69 Å². The zero-order valence-corrected chi connectivity index (χ0v) is 6.87. The quantitative estimate of drug-likeness (QED) is 0.776. The molecule has 6 heteroatoms. The van der Waals surface area contributed by atoms with Crippen LogP contribution >= 0.6 is 15.9 Å². The first-order valence-electron chi connectivity index (χ1n) is 2.85. The first-order valence-corrected chi connectivity index (χ1v) is 3.64. The minimum absolute atomic E-state index is 0.363. The first kappa shape index (κ1) is 6.53. The zero-order valence-electron chi connectivity index (χ0n) is 5.28. The molecule has 2 heterocycles. The molecule has 5 nitrogen and oxygen atoms in total. The Kier molecular flexibility index (Phi) is 1.46. The molecule has 0 bridgehead atoms. The van der Waals surface area contributed by atoms with Crippen molar-refractivity contribution in [2.75, 3.05) is 0 Å². The smallest absolute Gasteiger partial charge is 0.285 e. The third-order valence-electron chi connectivity index (χ3n) is 1.13. The van der Waals surface area contributed by atoms with Gasteiger partial charge in [0.2, 0.25) is 0 Å². The van der Waals surface area contributed by atoms with E-state index in [2.05, 4.69) is 36.3 Å². The average Bonchev–Trinajstić information content (AvgIpc) is 2.55. The van der Waals surface area contributed by atoms with E-state index in [1.54, 1.807) is 12.3 Å². The molecule has 2 aromatic rings. The second-order valence-corrected chi connectivity index (χ2v) is 2.51. The Balaban J connectivity index is 2.45. The standard InChI is InChI=1S/C5H3BrN4O/c6-5-10-9-4(11-5)3-1-2-7-8-3/h1-2H,(H,7,8). The Morgan fingerprint density at radius 1 is 1.45 bits per heavy atom. The van der Waals surface area contributed by atoms with Gasteiger partial charge in [-0.05, 0) is 6.07 Å². The van der Waals surface area contributed by atoms with E-state index in [1.165, 1.54) is 0 Å². The number of aromatic amines is 1. The van der Waals surface area contributed by atoms with Gasteiger partial charge in [-0.3, -0.25) is 5.10 Å². The molecular weight excluding hydrogens is 212 g/mol. The van der Waals surface area contributed by atoms with E-state index < -0.39 is 0 Å². The lowest BCUT2D eigenvalue weighted by atomic mass is 10.4. The van der Waals surface area contributed by atoms with E-state index in [-0.39, 0.29) is 0 Å². The summed E-state index contributed by atoms with van der Waals surface area (Å²) in [4.78, 5) is 0.363. The highest BCUT2D eigenvalue weighted by atomic mass is 79.9. The molecule has 0 aliphatic heterocycles. The van der Waals surface area contributed by atoms with Crippen LogP contribution in [0.15, 0.2) is 21.5 Å². The van der Waals surface area contributed by atoms with Gasteiger partial charge in [-0.2, -0.15) is 5.10 Å².